The lowest BCUT2D eigenvalue weighted by Gasteiger charge is -2.14. The number of rotatable bonds is 11. The number of anilines is 1. The minimum atomic E-state index is -3.50. The first-order valence-corrected chi connectivity index (χ1v) is 16.1. The van der Waals surface area contributed by atoms with Gasteiger partial charge in [-0.05, 0) is 60.9 Å². The van der Waals surface area contributed by atoms with E-state index in [0.29, 0.717) is 28.4 Å². The topological polar surface area (TPSA) is 149 Å². The van der Waals surface area contributed by atoms with Gasteiger partial charge in [-0.1, -0.05) is 38.4 Å². The van der Waals surface area contributed by atoms with E-state index < -0.39 is 20.7 Å². The number of benzene rings is 3. The zero-order valence-corrected chi connectivity index (χ0v) is 26.1. The molecule has 2 N–H and O–H groups in total. The van der Waals surface area contributed by atoms with Gasteiger partial charge in [0.1, 0.15) is 17.4 Å². The second-order valence-electron chi connectivity index (χ2n) is 10.8. The van der Waals surface area contributed by atoms with Gasteiger partial charge in [-0.2, -0.15) is 0 Å². The SMILES string of the molecule is CC(C)(C)c1csc(COc2cc(C(=O)Nc3cc(CCCS(=O)(=O)c4ccc(Cl)cc4)ccc3O)ccc2[N+](=O)[O-])n1. The number of nitro benzene ring substituents is 1. The summed E-state index contributed by atoms with van der Waals surface area (Å²) in [7, 11) is -3.50. The molecule has 0 bridgehead atoms. The van der Waals surface area contributed by atoms with Gasteiger partial charge in [0, 0.05) is 33.5 Å². The van der Waals surface area contributed by atoms with Gasteiger partial charge in [0.2, 0.25) is 0 Å². The normalized spacial score (nSPS) is 11.7. The molecule has 0 radical (unpaired) electrons. The van der Waals surface area contributed by atoms with Crippen LogP contribution in [0.2, 0.25) is 5.02 Å². The molecule has 3 aromatic carbocycles. The van der Waals surface area contributed by atoms with E-state index in [0.717, 1.165) is 5.69 Å². The van der Waals surface area contributed by atoms with E-state index in [2.05, 4.69) is 10.3 Å². The highest BCUT2D eigenvalue weighted by Crippen LogP contribution is 2.32. The van der Waals surface area contributed by atoms with Crippen molar-refractivity contribution in [3.8, 4) is 11.5 Å². The van der Waals surface area contributed by atoms with Gasteiger partial charge in [-0.3, -0.25) is 14.9 Å². The minimum absolute atomic E-state index is 0.0107. The Bertz CT molecular complexity index is 1750. The van der Waals surface area contributed by atoms with E-state index in [1.54, 1.807) is 12.1 Å². The van der Waals surface area contributed by atoms with E-state index in [9.17, 15) is 28.4 Å². The maximum atomic E-state index is 13.1. The summed E-state index contributed by atoms with van der Waals surface area (Å²) in [4.78, 5) is 28.8. The fraction of sp³-hybridized carbons (Fsp3) is 0.267. The van der Waals surface area contributed by atoms with Crippen LogP contribution in [0.15, 0.2) is 70.9 Å². The van der Waals surface area contributed by atoms with Crippen LogP contribution >= 0.6 is 22.9 Å². The number of halogens is 1. The third-order valence-corrected chi connectivity index (χ3v) is 9.34. The fourth-order valence-corrected chi connectivity index (χ4v) is 6.41. The Labute approximate surface area is 258 Å². The molecular formula is C30H30ClN3O7S2. The highest BCUT2D eigenvalue weighted by molar-refractivity contribution is 7.91. The lowest BCUT2D eigenvalue weighted by atomic mass is 9.93. The number of nitrogens with zero attached hydrogens (tertiary/aromatic N) is 2. The Hall–Kier alpha value is -4.00. The van der Waals surface area contributed by atoms with E-state index in [-0.39, 0.29) is 51.1 Å². The van der Waals surface area contributed by atoms with Crippen molar-refractivity contribution in [1.82, 2.24) is 4.98 Å². The van der Waals surface area contributed by atoms with Crippen LogP contribution in [0.1, 0.15) is 53.8 Å². The van der Waals surface area contributed by atoms with Crippen molar-refractivity contribution < 1.29 is 28.0 Å². The fourth-order valence-electron chi connectivity index (χ4n) is 4.04. The second-order valence-corrected chi connectivity index (χ2v) is 14.3. The van der Waals surface area contributed by atoms with Crippen molar-refractivity contribution >= 4 is 50.1 Å². The highest BCUT2D eigenvalue weighted by Gasteiger charge is 2.21. The number of hydrogen-bond donors (Lipinski definition) is 2. The number of nitrogens with one attached hydrogen (secondary N) is 1. The summed E-state index contributed by atoms with van der Waals surface area (Å²) in [6, 6.07) is 14.3. The molecule has 0 aliphatic heterocycles. The van der Waals surface area contributed by atoms with E-state index in [1.807, 2.05) is 26.2 Å². The molecule has 4 aromatic rings. The molecule has 1 heterocycles. The van der Waals surface area contributed by atoms with Crippen LogP contribution in [0.5, 0.6) is 11.5 Å². The first kappa shape index (κ1) is 31.9. The number of aryl methyl sites for hydroxylation is 1. The zero-order valence-electron chi connectivity index (χ0n) is 23.7. The quantitative estimate of drug-likeness (QED) is 0.101. The summed E-state index contributed by atoms with van der Waals surface area (Å²) in [5, 5.41) is 27.6. The zero-order chi connectivity index (χ0) is 31.4. The standard InChI is InChI=1S/C30H30ClN3O7S2/c1-30(2,3)27-18-42-28(33-27)17-41-26-16-20(7-12-24(26)34(37)38)29(36)32-23-15-19(6-13-25(23)35)5-4-14-43(39,40)22-10-8-21(31)9-11-22/h6-13,15-16,18,35H,4-5,14,17H2,1-3H3,(H,32,36). The summed E-state index contributed by atoms with van der Waals surface area (Å²) in [6.07, 6.45) is 0.682. The Morgan fingerprint density at radius 3 is 2.49 bits per heavy atom. The van der Waals surface area contributed by atoms with Gasteiger partial charge in [0.25, 0.3) is 5.91 Å². The highest BCUT2D eigenvalue weighted by atomic mass is 35.5. The van der Waals surface area contributed by atoms with Crippen LogP contribution < -0.4 is 10.1 Å². The van der Waals surface area contributed by atoms with E-state index in [1.165, 1.54) is 59.9 Å². The summed E-state index contributed by atoms with van der Waals surface area (Å²) in [5.41, 5.74) is 1.31. The number of phenols is 1. The average molecular weight is 644 g/mol. The van der Waals surface area contributed by atoms with Crippen LogP contribution in [0.3, 0.4) is 0 Å². The molecule has 0 saturated carbocycles. The number of ether oxygens (including phenoxy) is 1. The number of hydrogen-bond acceptors (Lipinski definition) is 9. The first-order chi connectivity index (χ1) is 20.2. The minimum Gasteiger partial charge on any atom is -0.506 e. The Morgan fingerprint density at radius 1 is 1.12 bits per heavy atom. The molecule has 0 saturated heterocycles. The molecule has 226 valence electrons. The summed E-state index contributed by atoms with van der Waals surface area (Å²) >= 11 is 7.23. The Kier molecular flexibility index (Phi) is 9.73. The van der Waals surface area contributed by atoms with Crippen molar-refractivity contribution in [3.05, 3.63) is 103 Å². The number of aromatic hydroxyl groups is 1. The average Bonchev–Trinajstić information content (AvgIpc) is 3.43. The van der Waals surface area contributed by atoms with E-state index >= 15 is 0 Å². The molecule has 0 aliphatic carbocycles. The number of carbonyl (C=O) groups is 1. The van der Waals surface area contributed by atoms with Crippen LogP contribution in [-0.2, 0) is 28.3 Å². The Morgan fingerprint density at radius 2 is 1.84 bits per heavy atom. The molecule has 43 heavy (non-hydrogen) atoms. The maximum absolute atomic E-state index is 13.1. The summed E-state index contributed by atoms with van der Waals surface area (Å²) < 4.78 is 31.0. The summed E-state index contributed by atoms with van der Waals surface area (Å²) in [5.74, 6) is -1.00. The largest absolute Gasteiger partial charge is 0.506 e. The summed E-state index contributed by atoms with van der Waals surface area (Å²) in [6.45, 7) is 6.07. The molecule has 10 nitrogen and oxygen atoms in total. The third kappa shape index (κ3) is 8.31. The monoisotopic (exact) mass is 643 g/mol. The maximum Gasteiger partial charge on any atom is 0.310 e. The Balaban J connectivity index is 1.44. The molecule has 4 rings (SSSR count). The van der Waals surface area contributed by atoms with Gasteiger partial charge >= 0.3 is 5.69 Å². The molecule has 0 spiro atoms. The predicted octanol–water partition coefficient (Wildman–Crippen LogP) is 6.95. The number of thiazole rings is 1. The van der Waals surface area contributed by atoms with Gasteiger partial charge in [0.15, 0.2) is 15.6 Å². The molecule has 0 fully saturated rings. The lowest BCUT2D eigenvalue weighted by Crippen LogP contribution is -2.13. The van der Waals surface area contributed by atoms with Gasteiger partial charge in [-0.25, -0.2) is 13.4 Å². The third-order valence-electron chi connectivity index (χ3n) is 6.45. The number of phenolic OH excluding ortho intramolecular Hbond substituents is 1. The van der Waals surface area contributed by atoms with Crippen LogP contribution in [-0.4, -0.2) is 35.1 Å². The molecule has 0 aliphatic rings. The number of amides is 1. The lowest BCUT2D eigenvalue weighted by molar-refractivity contribution is -0.385. The number of nitro groups is 1. The van der Waals surface area contributed by atoms with Crippen molar-refractivity contribution in [3.63, 3.8) is 0 Å². The smallest absolute Gasteiger partial charge is 0.310 e. The molecule has 13 heteroatoms. The molecule has 0 atom stereocenters. The van der Waals surface area contributed by atoms with Crippen LogP contribution in [0, 0.1) is 10.1 Å². The van der Waals surface area contributed by atoms with Crippen LogP contribution in [0.4, 0.5) is 11.4 Å². The molecule has 0 unspecified atom stereocenters. The van der Waals surface area contributed by atoms with Crippen molar-refractivity contribution in [2.45, 2.75) is 50.5 Å². The molecule has 1 amide bonds. The number of sulfone groups is 1. The second kappa shape index (κ2) is 13.1. The first-order valence-electron chi connectivity index (χ1n) is 13.2. The number of carbonyl (C=O) groups excluding carboxylic acids is 1. The number of aromatic nitrogens is 1. The van der Waals surface area contributed by atoms with Gasteiger partial charge in [0.05, 0.1) is 27.0 Å². The van der Waals surface area contributed by atoms with Crippen molar-refractivity contribution in [2.75, 3.05) is 11.1 Å². The van der Waals surface area contributed by atoms with Crippen molar-refractivity contribution in [1.29, 1.82) is 0 Å². The molecule has 1 aromatic heterocycles. The van der Waals surface area contributed by atoms with Gasteiger partial charge < -0.3 is 15.2 Å². The van der Waals surface area contributed by atoms with Crippen molar-refractivity contribution in [2.24, 2.45) is 0 Å². The van der Waals surface area contributed by atoms with Crippen LogP contribution in [0.25, 0.3) is 0 Å². The molecular weight excluding hydrogens is 614 g/mol. The van der Waals surface area contributed by atoms with Gasteiger partial charge in [-0.15, -0.1) is 11.3 Å². The predicted molar refractivity (Wildman–Crippen MR) is 166 cm³/mol. The van der Waals surface area contributed by atoms with E-state index in [4.69, 9.17) is 16.3 Å².